The normalized spacial score (nSPS) is 18.0. The fourth-order valence-electron chi connectivity index (χ4n) is 2.37. The minimum atomic E-state index is -3.09. The summed E-state index contributed by atoms with van der Waals surface area (Å²) in [4.78, 5) is 2.33. The standard InChI is InChI=1S/C14H22N2O2S/c1-3-19(17,18)15-10-12(2)16-9-8-13-6-4-5-7-14(13)11-16/h4-7,12,15H,3,8-11H2,1-2H3/t12-/m0/s1. The van der Waals surface area contributed by atoms with Gasteiger partial charge in [0.05, 0.1) is 5.75 Å². The predicted molar refractivity (Wildman–Crippen MR) is 77.5 cm³/mol. The van der Waals surface area contributed by atoms with Gasteiger partial charge in [-0.2, -0.15) is 0 Å². The number of fused-ring (bicyclic) bond motifs is 1. The Kier molecular flexibility index (Phi) is 4.60. The van der Waals surface area contributed by atoms with Gasteiger partial charge in [-0.15, -0.1) is 0 Å². The number of nitrogens with zero attached hydrogens (tertiary/aromatic N) is 1. The third-order valence-corrected chi connectivity index (χ3v) is 5.13. The van der Waals surface area contributed by atoms with Gasteiger partial charge >= 0.3 is 0 Å². The van der Waals surface area contributed by atoms with Crippen LogP contribution in [0.4, 0.5) is 0 Å². The monoisotopic (exact) mass is 282 g/mol. The summed E-state index contributed by atoms with van der Waals surface area (Å²) in [5, 5.41) is 0. The first kappa shape index (κ1) is 14.5. The molecule has 0 saturated carbocycles. The van der Waals surface area contributed by atoms with Crippen molar-refractivity contribution >= 4 is 10.0 Å². The number of nitrogens with one attached hydrogen (secondary N) is 1. The lowest BCUT2D eigenvalue weighted by atomic mass is 9.99. The zero-order valence-electron chi connectivity index (χ0n) is 11.6. The number of benzene rings is 1. The second-order valence-corrected chi connectivity index (χ2v) is 7.19. The predicted octanol–water partition coefficient (Wildman–Crippen LogP) is 1.37. The SMILES string of the molecule is CCS(=O)(=O)NC[C@H](C)N1CCc2ccccc2C1. The van der Waals surface area contributed by atoms with Crippen molar-refractivity contribution < 1.29 is 8.42 Å². The number of sulfonamides is 1. The van der Waals surface area contributed by atoms with E-state index in [0.29, 0.717) is 6.54 Å². The summed E-state index contributed by atoms with van der Waals surface area (Å²) >= 11 is 0. The average Bonchev–Trinajstić information content (AvgIpc) is 2.44. The van der Waals surface area contributed by atoms with Crippen molar-refractivity contribution in [2.75, 3.05) is 18.8 Å². The van der Waals surface area contributed by atoms with E-state index >= 15 is 0 Å². The number of hydrogen-bond acceptors (Lipinski definition) is 3. The lowest BCUT2D eigenvalue weighted by molar-refractivity contribution is 0.192. The molecule has 0 saturated heterocycles. The van der Waals surface area contributed by atoms with Gasteiger partial charge in [-0.1, -0.05) is 24.3 Å². The molecule has 1 aromatic rings. The van der Waals surface area contributed by atoms with Gasteiger partial charge in [0.1, 0.15) is 0 Å². The molecular formula is C14H22N2O2S. The summed E-state index contributed by atoms with van der Waals surface area (Å²) in [6.07, 6.45) is 1.04. The van der Waals surface area contributed by atoms with Gasteiger partial charge in [0, 0.05) is 25.7 Å². The third-order valence-electron chi connectivity index (χ3n) is 3.76. The second kappa shape index (κ2) is 6.03. The average molecular weight is 282 g/mol. The number of hydrogen-bond donors (Lipinski definition) is 1. The lowest BCUT2D eigenvalue weighted by Gasteiger charge is -2.33. The van der Waals surface area contributed by atoms with Crippen LogP contribution < -0.4 is 4.72 Å². The van der Waals surface area contributed by atoms with Crippen LogP contribution in [0.3, 0.4) is 0 Å². The fraction of sp³-hybridized carbons (Fsp3) is 0.571. The molecule has 0 amide bonds. The van der Waals surface area contributed by atoms with E-state index in [1.807, 2.05) is 0 Å². The molecule has 5 heteroatoms. The van der Waals surface area contributed by atoms with Crippen LogP contribution in [0.15, 0.2) is 24.3 Å². The summed E-state index contributed by atoms with van der Waals surface area (Å²) in [6, 6.07) is 8.69. The van der Waals surface area contributed by atoms with E-state index < -0.39 is 10.0 Å². The lowest BCUT2D eigenvalue weighted by Crippen LogP contribution is -2.44. The van der Waals surface area contributed by atoms with Crippen molar-refractivity contribution in [2.24, 2.45) is 0 Å². The van der Waals surface area contributed by atoms with E-state index in [1.165, 1.54) is 11.1 Å². The number of rotatable bonds is 5. The first-order valence-corrected chi connectivity index (χ1v) is 8.45. The first-order valence-electron chi connectivity index (χ1n) is 6.80. The largest absolute Gasteiger partial charge is 0.295 e. The van der Waals surface area contributed by atoms with Crippen LogP contribution in [0.25, 0.3) is 0 Å². The van der Waals surface area contributed by atoms with Crippen LogP contribution in [-0.2, 0) is 23.0 Å². The zero-order chi connectivity index (χ0) is 13.9. The first-order chi connectivity index (χ1) is 9.02. The Balaban J connectivity index is 1.94. The topological polar surface area (TPSA) is 49.4 Å². The van der Waals surface area contributed by atoms with E-state index in [1.54, 1.807) is 6.92 Å². The summed E-state index contributed by atoms with van der Waals surface area (Å²) in [7, 11) is -3.09. The molecule has 106 valence electrons. The maximum Gasteiger partial charge on any atom is 0.211 e. The van der Waals surface area contributed by atoms with Crippen molar-refractivity contribution in [1.29, 1.82) is 0 Å². The molecule has 19 heavy (non-hydrogen) atoms. The highest BCUT2D eigenvalue weighted by molar-refractivity contribution is 7.89. The van der Waals surface area contributed by atoms with Gasteiger partial charge in [0.15, 0.2) is 0 Å². The summed E-state index contributed by atoms with van der Waals surface area (Å²) in [5.74, 6) is 0.141. The van der Waals surface area contributed by atoms with Crippen LogP contribution in [-0.4, -0.2) is 38.2 Å². The Morgan fingerprint density at radius 2 is 2.00 bits per heavy atom. The molecule has 0 unspecified atom stereocenters. The highest BCUT2D eigenvalue weighted by Gasteiger charge is 2.21. The van der Waals surface area contributed by atoms with Gasteiger partial charge < -0.3 is 0 Å². The quantitative estimate of drug-likeness (QED) is 0.887. The van der Waals surface area contributed by atoms with E-state index in [2.05, 4.69) is 40.8 Å². The van der Waals surface area contributed by atoms with E-state index in [-0.39, 0.29) is 11.8 Å². The molecule has 1 aliphatic rings. The molecule has 0 aromatic heterocycles. The van der Waals surface area contributed by atoms with Crippen molar-refractivity contribution in [3.8, 4) is 0 Å². The maximum absolute atomic E-state index is 11.5. The molecule has 1 aliphatic heterocycles. The molecule has 0 bridgehead atoms. The summed E-state index contributed by atoms with van der Waals surface area (Å²) in [6.45, 7) is 6.12. The Morgan fingerprint density at radius 1 is 1.32 bits per heavy atom. The van der Waals surface area contributed by atoms with Crippen molar-refractivity contribution in [3.63, 3.8) is 0 Å². The van der Waals surface area contributed by atoms with Gasteiger partial charge in [-0.25, -0.2) is 13.1 Å². The molecule has 1 atom stereocenters. The Morgan fingerprint density at radius 3 is 2.68 bits per heavy atom. The fourth-order valence-corrected chi connectivity index (χ4v) is 3.07. The highest BCUT2D eigenvalue weighted by Crippen LogP contribution is 2.19. The third kappa shape index (κ3) is 3.78. The molecule has 4 nitrogen and oxygen atoms in total. The molecule has 0 radical (unpaired) electrons. The molecule has 1 N–H and O–H groups in total. The van der Waals surface area contributed by atoms with Crippen LogP contribution >= 0.6 is 0 Å². The molecule has 2 rings (SSSR count). The van der Waals surface area contributed by atoms with Gasteiger partial charge in [-0.3, -0.25) is 4.90 Å². The minimum Gasteiger partial charge on any atom is -0.295 e. The van der Waals surface area contributed by atoms with Crippen LogP contribution in [0.1, 0.15) is 25.0 Å². The molecule has 0 aliphatic carbocycles. The Hall–Kier alpha value is -0.910. The highest BCUT2D eigenvalue weighted by atomic mass is 32.2. The van der Waals surface area contributed by atoms with E-state index in [9.17, 15) is 8.42 Å². The van der Waals surface area contributed by atoms with Crippen LogP contribution in [0.5, 0.6) is 0 Å². The second-order valence-electron chi connectivity index (χ2n) is 5.09. The smallest absolute Gasteiger partial charge is 0.211 e. The van der Waals surface area contributed by atoms with Crippen LogP contribution in [0.2, 0.25) is 0 Å². The van der Waals surface area contributed by atoms with Crippen molar-refractivity contribution in [2.45, 2.75) is 32.9 Å². The molecule has 0 spiro atoms. The van der Waals surface area contributed by atoms with E-state index in [4.69, 9.17) is 0 Å². The Labute approximate surface area is 115 Å². The van der Waals surface area contributed by atoms with Crippen molar-refractivity contribution in [1.82, 2.24) is 9.62 Å². The maximum atomic E-state index is 11.5. The molecule has 0 fully saturated rings. The van der Waals surface area contributed by atoms with Gasteiger partial charge in [0.25, 0.3) is 0 Å². The van der Waals surface area contributed by atoms with Crippen LogP contribution in [0, 0.1) is 0 Å². The van der Waals surface area contributed by atoms with E-state index in [0.717, 1.165) is 19.5 Å². The molecular weight excluding hydrogens is 260 g/mol. The summed E-state index contributed by atoms with van der Waals surface area (Å²) in [5.41, 5.74) is 2.78. The summed E-state index contributed by atoms with van der Waals surface area (Å²) < 4.78 is 25.6. The van der Waals surface area contributed by atoms with Gasteiger partial charge in [-0.05, 0) is 31.4 Å². The molecule has 1 aromatic carbocycles. The zero-order valence-corrected chi connectivity index (χ0v) is 12.4. The van der Waals surface area contributed by atoms with Gasteiger partial charge in [0.2, 0.25) is 10.0 Å². The minimum absolute atomic E-state index is 0.141. The molecule has 1 heterocycles. The Bertz CT molecular complexity index is 528. The van der Waals surface area contributed by atoms with Crippen molar-refractivity contribution in [3.05, 3.63) is 35.4 Å².